The zero-order chi connectivity index (χ0) is 12.3. The van der Waals surface area contributed by atoms with E-state index in [0.29, 0.717) is 0 Å². The van der Waals surface area contributed by atoms with E-state index < -0.39 is 0 Å². The normalized spacial score (nSPS) is 17.5. The Labute approximate surface area is 107 Å². The number of hydrogen-bond donors (Lipinski definition) is 0. The second kappa shape index (κ2) is 9.52. The van der Waals surface area contributed by atoms with Gasteiger partial charge in [0.1, 0.15) is 0 Å². The number of ether oxygens (including phenoxy) is 1. The molecule has 1 rings (SSSR count). The maximum absolute atomic E-state index is 5.43. The second-order valence-electron chi connectivity index (χ2n) is 4.89. The topological polar surface area (TPSA) is 12.5 Å². The summed E-state index contributed by atoms with van der Waals surface area (Å²) >= 11 is 0. The minimum Gasteiger partial charge on any atom is -0.378 e. The van der Waals surface area contributed by atoms with Gasteiger partial charge in [-0.3, -0.25) is 0 Å². The lowest BCUT2D eigenvalue weighted by atomic mass is 10.1. The van der Waals surface area contributed by atoms with Gasteiger partial charge in [-0.25, -0.2) is 0 Å². The van der Waals surface area contributed by atoms with Gasteiger partial charge in [-0.2, -0.15) is 0 Å². The Morgan fingerprint density at radius 3 is 2.41 bits per heavy atom. The number of morpholine rings is 1. The first kappa shape index (κ1) is 14.6. The van der Waals surface area contributed by atoms with E-state index in [2.05, 4.69) is 24.8 Å². The molecule has 0 aromatic heterocycles. The van der Waals surface area contributed by atoms with Crippen molar-refractivity contribution in [1.82, 2.24) is 4.90 Å². The zero-order valence-corrected chi connectivity index (χ0v) is 11.7. The molecule has 17 heavy (non-hydrogen) atoms. The predicted octanol–water partition coefficient (Wildman–Crippen LogP) is 3.97. The minimum absolute atomic E-state index is 0.902. The zero-order valence-electron chi connectivity index (χ0n) is 11.7. The Morgan fingerprint density at radius 2 is 1.76 bits per heavy atom. The van der Waals surface area contributed by atoms with Crippen LogP contribution < -0.4 is 0 Å². The van der Waals surface area contributed by atoms with E-state index in [0.717, 1.165) is 26.3 Å². The van der Waals surface area contributed by atoms with Gasteiger partial charge in [0.05, 0.1) is 13.2 Å². The van der Waals surface area contributed by atoms with Gasteiger partial charge in [-0.05, 0) is 19.3 Å². The molecule has 0 saturated carbocycles. The third kappa shape index (κ3) is 6.11. The Morgan fingerprint density at radius 1 is 1.06 bits per heavy atom. The van der Waals surface area contributed by atoms with Gasteiger partial charge in [-0.15, -0.1) is 0 Å². The van der Waals surface area contributed by atoms with Crippen LogP contribution in [0.25, 0.3) is 0 Å². The molecule has 0 atom stereocenters. The van der Waals surface area contributed by atoms with Crippen LogP contribution in [0.15, 0.2) is 11.8 Å². The molecular formula is C15H29NO. The second-order valence-corrected chi connectivity index (χ2v) is 4.89. The van der Waals surface area contributed by atoms with Crippen molar-refractivity contribution in [3.8, 4) is 0 Å². The van der Waals surface area contributed by atoms with Gasteiger partial charge in [0.2, 0.25) is 0 Å². The van der Waals surface area contributed by atoms with Gasteiger partial charge in [-0.1, -0.05) is 45.6 Å². The average molecular weight is 239 g/mol. The van der Waals surface area contributed by atoms with Crippen molar-refractivity contribution in [1.29, 1.82) is 0 Å². The van der Waals surface area contributed by atoms with E-state index >= 15 is 0 Å². The van der Waals surface area contributed by atoms with Crippen molar-refractivity contribution >= 4 is 0 Å². The van der Waals surface area contributed by atoms with Crippen molar-refractivity contribution in [3.05, 3.63) is 11.8 Å². The highest BCUT2D eigenvalue weighted by Crippen LogP contribution is 2.17. The van der Waals surface area contributed by atoms with Crippen molar-refractivity contribution in [3.63, 3.8) is 0 Å². The summed E-state index contributed by atoms with van der Waals surface area (Å²) in [6, 6.07) is 0. The Balaban J connectivity index is 2.41. The molecule has 0 aromatic rings. The third-order valence-corrected chi connectivity index (χ3v) is 3.39. The summed E-state index contributed by atoms with van der Waals surface area (Å²) in [5.74, 6) is 0. The largest absolute Gasteiger partial charge is 0.378 e. The smallest absolute Gasteiger partial charge is 0.0642 e. The van der Waals surface area contributed by atoms with Crippen LogP contribution in [0.3, 0.4) is 0 Å². The van der Waals surface area contributed by atoms with E-state index in [1.165, 1.54) is 44.9 Å². The van der Waals surface area contributed by atoms with Gasteiger partial charge >= 0.3 is 0 Å². The molecule has 100 valence electrons. The standard InChI is InChI=1S/C15H29NO/c1-3-5-7-9-15(10-8-6-4-2)16-11-13-17-14-12-16/h9H,3-8,10-14H2,1-2H3/b15-9+. The van der Waals surface area contributed by atoms with Crippen LogP contribution in [0.1, 0.15) is 58.8 Å². The first-order valence-corrected chi connectivity index (χ1v) is 7.40. The summed E-state index contributed by atoms with van der Waals surface area (Å²) < 4.78 is 5.43. The van der Waals surface area contributed by atoms with Crippen LogP contribution in [-0.2, 0) is 4.74 Å². The van der Waals surface area contributed by atoms with Gasteiger partial charge in [0.15, 0.2) is 0 Å². The molecule has 0 spiro atoms. The van der Waals surface area contributed by atoms with Crippen LogP contribution in [0.4, 0.5) is 0 Å². The molecule has 0 aliphatic carbocycles. The van der Waals surface area contributed by atoms with Gasteiger partial charge < -0.3 is 9.64 Å². The van der Waals surface area contributed by atoms with Gasteiger partial charge in [0.25, 0.3) is 0 Å². The first-order chi connectivity index (χ1) is 8.38. The maximum atomic E-state index is 5.43. The fraction of sp³-hybridized carbons (Fsp3) is 0.867. The van der Waals surface area contributed by atoms with Crippen molar-refractivity contribution in [2.24, 2.45) is 0 Å². The van der Waals surface area contributed by atoms with Crippen LogP contribution >= 0.6 is 0 Å². The summed E-state index contributed by atoms with van der Waals surface area (Å²) in [5.41, 5.74) is 1.58. The van der Waals surface area contributed by atoms with E-state index in [1.807, 2.05) is 0 Å². The van der Waals surface area contributed by atoms with Crippen LogP contribution in [0, 0.1) is 0 Å². The summed E-state index contributed by atoms with van der Waals surface area (Å²) in [5, 5.41) is 0. The lowest BCUT2D eigenvalue weighted by Crippen LogP contribution is -2.35. The number of allylic oxidation sites excluding steroid dienone is 2. The fourth-order valence-corrected chi connectivity index (χ4v) is 2.27. The molecule has 0 unspecified atom stereocenters. The van der Waals surface area contributed by atoms with E-state index in [-0.39, 0.29) is 0 Å². The average Bonchev–Trinajstić information content (AvgIpc) is 2.38. The molecule has 1 saturated heterocycles. The van der Waals surface area contributed by atoms with Crippen molar-refractivity contribution in [2.45, 2.75) is 58.8 Å². The number of rotatable bonds is 8. The quantitative estimate of drug-likeness (QED) is 0.594. The Kier molecular flexibility index (Phi) is 8.16. The lowest BCUT2D eigenvalue weighted by molar-refractivity contribution is 0.0517. The lowest BCUT2D eigenvalue weighted by Gasteiger charge is -2.31. The van der Waals surface area contributed by atoms with Crippen LogP contribution in [0.5, 0.6) is 0 Å². The molecule has 0 amide bonds. The molecule has 1 aliphatic rings. The highest BCUT2D eigenvalue weighted by molar-refractivity contribution is 5.02. The number of hydrogen-bond acceptors (Lipinski definition) is 2. The summed E-state index contributed by atoms with van der Waals surface area (Å²) in [4.78, 5) is 2.54. The third-order valence-electron chi connectivity index (χ3n) is 3.39. The SMILES string of the molecule is CCCC/C=C(\CCCCC)N1CCOCC1. The number of unbranched alkanes of at least 4 members (excludes halogenated alkanes) is 4. The summed E-state index contributed by atoms with van der Waals surface area (Å²) in [6.07, 6.45) is 11.6. The molecule has 0 N–H and O–H groups in total. The van der Waals surface area contributed by atoms with E-state index in [4.69, 9.17) is 4.74 Å². The predicted molar refractivity (Wildman–Crippen MR) is 74.1 cm³/mol. The highest BCUT2D eigenvalue weighted by atomic mass is 16.5. The minimum atomic E-state index is 0.902. The Bertz CT molecular complexity index is 207. The molecule has 1 aliphatic heterocycles. The molecule has 1 fully saturated rings. The van der Waals surface area contributed by atoms with Crippen LogP contribution in [-0.4, -0.2) is 31.2 Å². The van der Waals surface area contributed by atoms with Gasteiger partial charge in [0, 0.05) is 18.8 Å². The highest BCUT2D eigenvalue weighted by Gasteiger charge is 2.12. The molecule has 0 radical (unpaired) electrons. The molecule has 2 nitrogen and oxygen atoms in total. The monoisotopic (exact) mass is 239 g/mol. The fourth-order valence-electron chi connectivity index (χ4n) is 2.27. The van der Waals surface area contributed by atoms with E-state index in [9.17, 15) is 0 Å². The maximum Gasteiger partial charge on any atom is 0.0642 e. The summed E-state index contributed by atoms with van der Waals surface area (Å²) in [6.45, 7) is 8.51. The molecule has 0 aromatic carbocycles. The van der Waals surface area contributed by atoms with Crippen molar-refractivity contribution < 1.29 is 4.74 Å². The molecule has 0 bridgehead atoms. The van der Waals surface area contributed by atoms with Crippen LogP contribution in [0.2, 0.25) is 0 Å². The Hall–Kier alpha value is -0.500. The first-order valence-electron chi connectivity index (χ1n) is 7.40. The summed E-state index contributed by atoms with van der Waals surface area (Å²) in [7, 11) is 0. The molecular weight excluding hydrogens is 210 g/mol. The van der Waals surface area contributed by atoms with E-state index in [1.54, 1.807) is 5.70 Å². The molecule has 2 heteroatoms. The molecule has 1 heterocycles. The van der Waals surface area contributed by atoms with Crippen molar-refractivity contribution in [2.75, 3.05) is 26.3 Å². The number of nitrogens with zero attached hydrogens (tertiary/aromatic N) is 1.